The van der Waals surface area contributed by atoms with E-state index in [0.717, 1.165) is 23.4 Å². The fourth-order valence-corrected chi connectivity index (χ4v) is 4.46. The maximum absolute atomic E-state index is 13.5. The normalized spacial score (nSPS) is 16.0. The van der Waals surface area contributed by atoms with E-state index in [0.29, 0.717) is 29.6 Å². The molecule has 0 fully saturated rings. The zero-order valence-corrected chi connectivity index (χ0v) is 17.9. The van der Waals surface area contributed by atoms with Gasteiger partial charge < -0.3 is 9.47 Å². The molecule has 1 unspecified atom stereocenters. The highest BCUT2D eigenvalue weighted by Gasteiger charge is 2.29. The van der Waals surface area contributed by atoms with Gasteiger partial charge in [-0.15, -0.1) is 0 Å². The van der Waals surface area contributed by atoms with Crippen molar-refractivity contribution >= 4 is 22.8 Å². The van der Waals surface area contributed by atoms with Crippen molar-refractivity contribution in [1.82, 2.24) is 18.7 Å². The van der Waals surface area contributed by atoms with Gasteiger partial charge in [-0.2, -0.15) is 4.98 Å². The molecule has 0 amide bonds. The molecule has 0 saturated heterocycles. The van der Waals surface area contributed by atoms with Gasteiger partial charge in [0.2, 0.25) is 5.95 Å². The summed E-state index contributed by atoms with van der Waals surface area (Å²) < 4.78 is 4.79. The Bertz CT molecular complexity index is 1400. The maximum Gasteiger partial charge on any atom is 0.332 e. The molecule has 2 aromatic carbocycles. The average molecular weight is 415 g/mol. The van der Waals surface area contributed by atoms with Crippen LogP contribution in [0.25, 0.3) is 11.2 Å². The van der Waals surface area contributed by atoms with Crippen LogP contribution in [0.15, 0.2) is 64.2 Å². The van der Waals surface area contributed by atoms with Gasteiger partial charge >= 0.3 is 5.69 Å². The lowest BCUT2D eigenvalue weighted by molar-refractivity contribution is 0.458. The Kier molecular flexibility index (Phi) is 4.54. The lowest BCUT2D eigenvalue weighted by Gasteiger charge is -2.32. The van der Waals surface area contributed by atoms with Crippen molar-refractivity contribution in [2.45, 2.75) is 26.9 Å². The van der Waals surface area contributed by atoms with Crippen LogP contribution in [0.1, 0.15) is 18.1 Å². The van der Waals surface area contributed by atoms with Crippen LogP contribution in [-0.2, 0) is 20.1 Å². The van der Waals surface area contributed by atoms with Crippen LogP contribution < -0.4 is 16.1 Å². The van der Waals surface area contributed by atoms with Gasteiger partial charge in [0.1, 0.15) is 0 Å². The summed E-state index contributed by atoms with van der Waals surface area (Å²) in [6.07, 6.45) is 0. The van der Waals surface area contributed by atoms with Gasteiger partial charge in [-0.3, -0.25) is 13.9 Å². The van der Waals surface area contributed by atoms with Crippen molar-refractivity contribution < 1.29 is 0 Å². The summed E-state index contributed by atoms with van der Waals surface area (Å²) >= 11 is 0. The van der Waals surface area contributed by atoms with E-state index in [4.69, 9.17) is 4.98 Å². The Morgan fingerprint density at radius 2 is 1.81 bits per heavy atom. The third-order valence-electron chi connectivity index (χ3n) is 5.93. The number of fused-ring (bicyclic) bond motifs is 3. The zero-order valence-electron chi connectivity index (χ0n) is 17.9. The summed E-state index contributed by atoms with van der Waals surface area (Å²) in [6, 6.07) is 17.9. The molecular weight excluding hydrogens is 390 g/mol. The molecule has 7 nitrogen and oxygen atoms in total. The first-order chi connectivity index (χ1) is 14.9. The third-order valence-corrected chi connectivity index (χ3v) is 5.93. The molecule has 5 rings (SSSR count). The third kappa shape index (κ3) is 3.17. The minimum Gasteiger partial charge on any atom is -0.312 e. The first-order valence-corrected chi connectivity index (χ1v) is 10.5. The van der Waals surface area contributed by atoms with Gasteiger partial charge in [-0.25, -0.2) is 4.79 Å². The Morgan fingerprint density at radius 1 is 1.03 bits per heavy atom. The molecule has 0 spiro atoms. The van der Waals surface area contributed by atoms with Crippen molar-refractivity contribution in [3.8, 4) is 0 Å². The van der Waals surface area contributed by atoms with Crippen molar-refractivity contribution in [3.05, 3.63) is 86.6 Å². The first-order valence-electron chi connectivity index (χ1n) is 10.5. The molecule has 4 aromatic rings. The fraction of sp³-hybridized carbons (Fsp3) is 0.292. The van der Waals surface area contributed by atoms with Crippen LogP contribution in [0, 0.1) is 12.8 Å². The van der Waals surface area contributed by atoms with Crippen LogP contribution in [0.3, 0.4) is 0 Å². The lowest BCUT2D eigenvalue weighted by atomic mass is 10.1. The Labute approximate surface area is 179 Å². The highest BCUT2D eigenvalue weighted by molar-refractivity contribution is 5.77. The van der Waals surface area contributed by atoms with E-state index in [1.807, 2.05) is 66.1 Å². The Balaban J connectivity index is 1.73. The first kappa shape index (κ1) is 19.4. The molecule has 7 heteroatoms. The van der Waals surface area contributed by atoms with Crippen LogP contribution in [0.4, 0.5) is 11.6 Å². The average Bonchev–Trinajstić information content (AvgIpc) is 3.15. The minimum atomic E-state index is -0.353. The molecule has 0 aliphatic carbocycles. The smallest absolute Gasteiger partial charge is 0.312 e. The maximum atomic E-state index is 13.5. The van der Waals surface area contributed by atoms with E-state index in [9.17, 15) is 9.59 Å². The van der Waals surface area contributed by atoms with E-state index >= 15 is 0 Å². The number of hydrogen-bond acceptors (Lipinski definition) is 4. The summed E-state index contributed by atoms with van der Waals surface area (Å²) in [6.45, 7) is 5.89. The van der Waals surface area contributed by atoms with E-state index in [2.05, 4.69) is 11.8 Å². The van der Waals surface area contributed by atoms with Crippen molar-refractivity contribution in [1.29, 1.82) is 0 Å². The Morgan fingerprint density at radius 3 is 2.55 bits per heavy atom. The van der Waals surface area contributed by atoms with Crippen LogP contribution >= 0.6 is 0 Å². The number of rotatable bonds is 3. The number of para-hydroxylation sites is 1. The SMILES string of the molecule is Cc1cccc(Cn2c(=O)c3c(nc4n3CC(C)CN4c3ccccc3)n(C)c2=O)c1. The summed E-state index contributed by atoms with van der Waals surface area (Å²) in [5.41, 5.74) is 3.32. The highest BCUT2D eigenvalue weighted by atomic mass is 16.2. The second kappa shape index (κ2) is 7.27. The molecule has 0 N–H and O–H groups in total. The molecular formula is C24H25N5O2. The molecule has 0 radical (unpaired) electrons. The second-order valence-corrected chi connectivity index (χ2v) is 8.47. The molecule has 158 valence electrons. The number of aromatic nitrogens is 4. The summed E-state index contributed by atoms with van der Waals surface area (Å²) in [7, 11) is 1.69. The van der Waals surface area contributed by atoms with Crippen molar-refractivity contribution in [2.24, 2.45) is 13.0 Å². The van der Waals surface area contributed by atoms with Crippen LogP contribution in [-0.4, -0.2) is 25.2 Å². The zero-order chi connectivity index (χ0) is 21.7. The number of benzene rings is 2. The van der Waals surface area contributed by atoms with Crippen molar-refractivity contribution in [2.75, 3.05) is 11.4 Å². The largest absolute Gasteiger partial charge is 0.332 e. The molecule has 31 heavy (non-hydrogen) atoms. The monoisotopic (exact) mass is 415 g/mol. The van der Waals surface area contributed by atoms with E-state index < -0.39 is 0 Å². The quantitative estimate of drug-likeness (QED) is 0.516. The van der Waals surface area contributed by atoms with E-state index in [1.54, 1.807) is 7.05 Å². The number of anilines is 2. The van der Waals surface area contributed by atoms with E-state index in [-0.39, 0.29) is 17.8 Å². The molecule has 3 heterocycles. The summed E-state index contributed by atoms with van der Waals surface area (Å²) in [4.78, 5) is 33.5. The molecule has 1 atom stereocenters. The number of hydrogen-bond donors (Lipinski definition) is 0. The predicted octanol–water partition coefficient (Wildman–Crippen LogP) is 3.04. The predicted molar refractivity (Wildman–Crippen MR) is 122 cm³/mol. The number of nitrogens with zero attached hydrogens (tertiary/aromatic N) is 5. The summed E-state index contributed by atoms with van der Waals surface area (Å²) in [5, 5.41) is 0. The number of imidazole rings is 1. The minimum absolute atomic E-state index is 0.238. The highest BCUT2D eigenvalue weighted by Crippen LogP contribution is 2.32. The van der Waals surface area contributed by atoms with Gasteiger partial charge in [-0.1, -0.05) is 55.0 Å². The molecule has 0 saturated carbocycles. The topological polar surface area (TPSA) is 65.1 Å². The van der Waals surface area contributed by atoms with E-state index in [1.165, 1.54) is 9.13 Å². The van der Waals surface area contributed by atoms with Crippen LogP contribution in [0.5, 0.6) is 0 Å². The Hall–Kier alpha value is -3.61. The van der Waals surface area contributed by atoms with Gasteiger partial charge in [0.05, 0.1) is 6.54 Å². The van der Waals surface area contributed by atoms with Gasteiger partial charge in [0, 0.05) is 25.8 Å². The van der Waals surface area contributed by atoms with Gasteiger partial charge in [0.15, 0.2) is 11.2 Å². The molecule has 0 bridgehead atoms. The van der Waals surface area contributed by atoms with Crippen LogP contribution in [0.2, 0.25) is 0 Å². The molecule has 1 aliphatic rings. The van der Waals surface area contributed by atoms with Crippen molar-refractivity contribution in [3.63, 3.8) is 0 Å². The lowest BCUT2D eigenvalue weighted by Crippen LogP contribution is -2.40. The summed E-state index contributed by atoms with van der Waals surface area (Å²) in [5.74, 6) is 1.03. The number of aryl methyl sites for hydroxylation is 2. The second-order valence-electron chi connectivity index (χ2n) is 8.47. The molecule has 1 aliphatic heterocycles. The molecule has 2 aromatic heterocycles. The fourth-order valence-electron chi connectivity index (χ4n) is 4.46. The standard InChI is InChI=1S/C24H25N5O2/c1-16-8-7-9-18(12-16)15-29-22(30)20-21(26(3)24(29)31)25-23-27(13-17(2)14-28(20)23)19-10-5-4-6-11-19/h4-12,17H,13-15H2,1-3H3. The van der Waals surface area contributed by atoms with Gasteiger partial charge in [-0.05, 0) is 30.5 Å². The van der Waals surface area contributed by atoms with Gasteiger partial charge in [0.25, 0.3) is 5.56 Å².